The van der Waals surface area contributed by atoms with Crippen LogP contribution in [0, 0.1) is 0 Å². The molecule has 0 aliphatic carbocycles. The first kappa shape index (κ1) is 65.9. The Bertz CT molecular complexity index is 1120. The lowest BCUT2D eigenvalue weighted by Crippen LogP contribution is -2.30. The highest BCUT2D eigenvalue weighted by atomic mass is 16.6. The molecular formula is C63H116O5. The molecule has 0 aliphatic rings. The van der Waals surface area contributed by atoms with E-state index in [1.54, 1.807) is 0 Å². The molecule has 0 bridgehead atoms. The SMILES string of the molecule is CCC/C=C\C/C=C\CCCCCCCC(=O)OC(COCCCCCCCCCCCC/C=C\C/C=C\CCCCC)COC(=O)CCCCCCCCCCCCCCCCCCCCC. The number of hydrogen-bond donors (Lipinski definition) is 0. The molecule has 398 valence electrons. The molecule has 0 aromatic rings. The van der Waals surface area contributed by atoms with Crippen molar-refractivity contribution >= 4 is 11.9 Å². The Morgan fingerprint density at radius 2 is 0.647 bits per heavy atom. The summed E-state index contributed by atoms with van der Waals surface area (Å²) in [6.07, 6.45) is 74.3. The second-order valence-electron chi connectivity index (χ2n) is 20.3. The topological polar surface area (TPSA) is 61.8 Å². The fourth-order valence-electron chi connectivity index (χ4n) is 8.82. The average Bonchev–Trinajstić information content (AvgIpc) is 3.34. The number of ether oxygens (including phenoxy) is 3. The van der Waals surface area contributed by atoms with Gasteiger partial charge in [0, 0.05) is 19.4 Å². The van der Waals surface area contributed by atoms with Crippen LogP contribution >= 0.6 is 0 Å². The van der Waals surface area contributed by atoms with Gasteiger partial charge in [0.05, 0.1) is 6.61 Å². The number of hydrogen-bond acceptors (Lipinski definition) is 5. The number of unbranched alkanes of at least 4 members (excludes halogenated alkanes) is 37. The molecule has 1 atom stereocenters. The Kier molecular flexibility index (Phi) is 57.3. The van der Waals surface area contributed by atoms with Crippen LogP contribution in [0.25, 0.3) is 0 Å². The summed E-state index contributed by atoms with van der Waals surface area (Å²) >= 11 is 0. The maximum absolute atomic E-state index is 12.8. The molecule has 0 aromatic heterocycles. The monoisotopic (exact) mass is 953 g/mol. The lowest BCUT2D eigenvalue weighted by molar-refractivity contribution is -0.163. The molecule has 0 spiro atoms. The van der Waals surface area contributed by atoms with Gasteiger partial charge < -0.3 is 14.2 Å². The van der Waals surface area contributed by atoms with Crippen LogP contribution in [0.2, 0.25) is 0 Å². The van der Waals surface area contributed by atoms with E-state index in [0.717, 1.165) is 64.2 Å². The van der Waals surface area contributed by atoms with Crippen molar-refractivity contribution in [3.05, 3.63) is 48.6 Å². The van der Waals surface area contributed by atoms with Crippen molar-refractivity contribution in [3.63, 3.8) is 0 Å². The van der Waals surface area contributed by atoms with Gasteiger partial charge in [0.2, 0.25) is 0 Å². The predicted molar refractivity (Wildman–Crippen MR) is 298 cm³/mol. The van der Waals surface area contributed by atoms with Crippen molar-refractivity contribution in [1.82, 2.24) is 0 Å². The van der Waals surface area contributed by atoms with Crippen LogP contribution in [-0.2, 0) is 23.8 Å². The largest absolute Gasteiger partial charge is 0.462 e. The van der Waals surface area contributed by atoms with Crippen molar-refractivity contribution in [2.24, 2.45) is 0 Å². The normalized spacial score (nSPS) is 12.5. The Hall–Kier alpha value is -2.14. The van der Waals surface area contributed by atoms with Crippen molar-refractivity contribution < 1.29 is 23.8 Å². The van der Waals surface area contributed by atoms with Gasteiger partial charge in [-0.2, -0.15) is 0 Å². The number of rotatable bonds is 56. The van der Waals surface area contributed by atoms with Gasteiger partial charge >= 0.3 is 11.9 Å². The van der Waals surface area contributed by atoms with E-state index in [1.165, 1.54) is 218 Å². The quantitative estimate of drug-likeness (QED) is 0.0345. The maximum atomic E-state index is 12.8. The van der Waals surface area contributed by atoms with Gasteiger partial charge in [-0.1, -0.05) is 275 Å². The summed E-state index contributed by atoms with van der Waals surface area (Å²) in [6, 6.07) is 0. The van der Waals surface area contributed by atoms with Gasteiger partial charge in [-0.15, -0.1) is 0 Å². The number of carbonyl (C=O) groups is 2. The lowest BCUT2D eigenvalue weighted by Gasteiger charge is -2.18. The molecule has 0 aromatic carbocycles. The maximum Gasteiger partial charge on any atom is 0.306 e. The number of esters is 2. The molecule has 0 N–H and O–H groups in total. The molecule has 0 saturated carbocycles. The summed E-state index contributed by atoms with van der Waals surface area (Å²) in [7, 11) is 0. The van der Waals surface area contributed by atoms with E-state index in [-0.39, 0.29) is 25.2 Å². The first-order valence-corrected chi connectivity index (χ1v) is 30.2. The molecule has 0 rings (SSSR count). The first-order valence-electron chi connectivity index (χ1n) is 30.2. The van der Waals surface area contributed by atoms with Gasteiger partial charge in [-0.05, 0) is 77.0 Å². The van der Waals surface area contributed by atoms with E-state index in [2.05, 4.69) is 69.4 Å². The zero-order chi connectivity index (χ0) is 49.2. The van der Waals surface area contributed by atoms with E-state index >= 15 is 0 Å². The fourth-order valence-corrected chi connectivity index (χ4v) is 8.82. The molecule has 0 fully saturated rings. The van der Waals surface area contributed by atoms with E-state index in [0.29, 0.717) is 19.4 Å². The number of carbonyl (C=O) groups excluding carboxylic acids is 2. The van der Waals surface area contributed by atoms with Crippen LogP contribution in [0.3, 0.4) is 0 Å². The Morgan fingerprint density at radius 3 is 1.06 bits per heavy atom. The molecule has 5 heteroatoms. The summed E-state index contributed by atoms with van der Waals surface area (Å²) in [5, 5.41) is 0. The number of allylic oxidation sites excluding steroid dienone is 8. The summed E-state index contributed by atoms with van der Waals surface area (Å²) in [6.45, 7) is 7.78. The van der Waals surface area contributed by atoms with Crippen molar-refractivity contribution in [3.8, 4) is 0 Å². The van der Waals surface area contributed by atoms with Crippen LogP contribution in [-0.4, -0.2) is 37.9 Å². The van der Waals surface area contributed by atoms with Gasteiger partial charge in [0.1, 0.15) is 6.61 Å². The van der Waals surface area contributed by atoms with E-state index in [1.807, 2.05) is 0 Å². The van der Waals surface area contributed by atoms with E-state index in [9.17, 15) is 9.59 Å². The van der Waals surface area contributed by atoms with Crippen molar-refractivity contribution in [2.75, 3.05) is 19.8 Å². The van der Waals surface area contributed by atoms with Crippen molar-refractivity contribution in [1.29, 1.82) is 0 Å². The summed E-state index contributed by atoms with van der Waals surface area (Å²) < 4.78 is 17.5. The second kappa shape index (κ2) is 59.2. The third-order valence-electron chi connectivity index (χ3n) is 13.3. The first-order chi connectivity index (χ1) is 33.6. The van der Waals surface area contributed by atoms with Crippen LogP contribution < -0.4 is 0 Å². The molecule has 1 unspecified atom stereocenters. The molecule has 68 heavy (non-hydrogen) atoms. The second-order valence-corrected chi connectivity index (χ2v) is 20.3. The minimum absolute atomic E-state index is 0.0825. The van der Waals surface area contributed by atoms with Crippen LogP contribution in [0.15, 0.2) is 48.6 Å². The molecule has 0 saturated heterocycles. The average molecular weight is 954 g/mol. The zero-order valence-electron chi connectivity index (χ0n) is 45.9. The minimum Gasteiger partial charge on any atom is -0.462 e. The lowest BCUT2D eigenvalue weighted by atomic mass is 10.0. The predicted octanol–water partition coefficient (Wildman–Crippen LogP) is 20.7. The summed E-state index contributed by atoms with van der Waals surface area (Å²) in [5.41, 5.74) is 0. The van der Waals surface area contributed by atoms with Crippen molar-refractivity contribution in [2.45, 2.75) is 322 Å². The van der Waals surface area contributed by atoms with Crippen LogP contribution in [0.4, 0.5) is 0 Å². The molecular weight excluding hydrogens is 837 g/mol. The highest BCUT2D eigenvalue weighted by Gasteiger charge is 2.17. The minimum atomic E-state index is -0.543. The smallest absolute Gasteiger partial charge is 0.306 e. The van der Waals surface area contributed by atoms with Gasteiger partial charge in [-0.25, -0.2) is 0 Å². The van der Waals surface area contributed by atoms with Crippen LogP contribution in [0.1, 0.15) is 316 Å². The Balaban J connectivity index is 4.20. The molecule has 0 heterocycles. The Morgan fingerprint density at radius 1 is 0.324 bits per heavy atom. The standard InChI is InChI=1S/C63H116O5/c1-4-7-10-13-16-19-22-25-27-29-31-33-35-37-40-43-46-49-52-55-58-66-59-61(68-63(65)57-54-51-48-45-42-38-24-21-18-15-12-9-6-3)60-67-62(64)56-53-50-47-44-41-39-36-34-32-30-28-26-23-20-17-14-11-8-5-2/h12,15-16,19,21,24-25,27,61H,4-11,13-14,17-18,20,22-23,26,28-60H2,1-3H3/b15-12-,19-16-,24-21-,27-25-. The fraction of sp³-hybridized carbons (Fsp3) is 0.841. The summed E-state index contributed by atoms with van der Waals surface area (Å²) in [5.74, 6) is -0.397. The van der Waals surface area contributed by atoms with Gasteiger partial charge in [0.15, 0.2) is 6.10 Å². The van der Waals surface area contributed by atoms with Gasteiger partial charge in [-0.3, -0.25) is 9.59 Å². The molecule has 5 nitrogen and oxygen atoms in total. The highest BCUT2D eigenvalue weighted by Crippen LogP contribution is 2.17. The summed E-state index contributed by atoms with van der Waals surface area (Å²) in [4.78, 5) is 25.5. The highest BCUT2D eigenvalue weighted by molar-refractivity contribution is 5.70. The Labute approximate surface area is 424 Å². The third kappa shape index (κ3) is 56.4. The van der Waals surface area contributed by atoms with Crippen LogP contribution in [0.5, 0.6) is 0 Å². The van der Waals surface area contributed by atoms with Gasteiger partial charge in [0.25, 0.3) is 0 Å². The van der Waals surface area contributed by atoms with E-state index < -0.39 is 6.10 Å². The molecule has 0 aliphatic heterocycles. The zero-order valence-corrected chi connectivity index (χ0v) is 45.9. The molecule has 0 radical (unpaired) electrons. The molecule has 0 amide bonds. The third-order valence-corrected chi connectivity index (χ3v) is 13.3. The van der Waals surface area contributed by atoms with E-state index in [4.69, 9.17) is 14.2 Å².